The van der Waals surface area contributed by atoms with Crippen LogP contribution in [0.15, 0.2) is 66.7 Å². The average Bonchev–Trinajstić information content (AvgIpc) is 3.15. The summed E-state index contributed by atoms with van der Waals surface area (Å²) in [6.45, 7) is 1.97. The summed E-state index contributed by atoms with van der Waals surface area (Å²) in [7, 11) is 0. The average molecular weight is 424 g/mol. The van der Waals surface area contributed by atoms with E-state index in [1.807, 2.05) is 55.5 Å². The molecule has 0 saturated heterocycles. The maximum absolute atomic E-state index is 14.1. The molecule has 0 aliphatic rings. The quantitative estimate of drug-likeness (QED) is 0.411. The van der Waals surface area contributed by atoms with E-state index in [1.54, 1.807) is 6.07 Å². The van der Waals surface area contributed by atoms with Gasteiger partial charge in [0.05, 0.1) is 11.2 Å². The molecule has 1 heterocycles. The molecule has 0 unspecified atom stereocenters. The first-order chi connectivity index (χ1) is 14.5. The molecule has 4 rings (SSSR count). The predicted octanol–water partition coefficient (Wildman–Crippen LogP) is 5.50. The first-order valence-electron chi connectivity index (χ1n) is 9.29. The summed E-state index contributed by atoms with van der Waals surface area (Å²) in [5.41, 5.74) is 1.94. The Labute approximate surface area is 176 Å². The van der Waals surface area contributed by atoms with Gasteiger partial charge in [-0.1, -0.05) is 53.8 Å². The van der Waals surface area contributed by atoms with Gasteiger partial charge in [0.2, 0.25) is 0 Å². The maximum Gasteiger partial charge on any atom is 0.267 e. The Kier molecular flexibility index (Phi) is 5.72. The van der Waals surface area contributed by atoms with Gasteiger partial charge < -0.3 is 4.74 Å². The van der Waals surface area contributed by atoms with E-state index < -0.39 is 11.6 Å². The van der Waals surface area contributed by atoms with Crippen molar-refractivity contribution < 1.29 is 18.3 Å². The summed E-state index contributed by atoms with van der Waals surface area (Å²) in [5, 5.41) is 0.288. The molecule has 30 heavy (non-hydrogen) atoms. The van der Waals surface area contributed by atoms with Gasteiger partial charge in [0.25, 0.3) is 5.91 Å². The molecule has 0 N–H and O–H groups in total. The van der Waals surface area contributed by atoms with E-state index in [4.69, 9.17) is 4.74 Å². The number of nitrogens with zero attached hydrogens (tertiary/aromatic N) is 2. The maximum atomic E-state index is 14.1. The molecule has 0 aliphatic heterocycles. The van der Waals surface area contributed by atoms with Crippen LogP contribution in [-0.4, -0.2) is 17.5 Å². The molecule has 152 valence electrons. The van der Waals surface area contributed by atoms with Gasteiger partial charge in [-0.3, -0.25) is 9.69 Å². The molecule has 0 bridgehead atoms. The van der Waals surface area contributed by atoms with Crippen molar-refractivity contribution in [3.63, 3.8) is 0 Å². The van der Waals surface area contributed by atoms with Crippen LogP contribution in [0, 0.1) is 18.6 Å². The number of aromatic nitrogens is 1. The topological polar surface area (TPSA) is 42.4 Å². The molecule has 0 spiro atoms. The number of carbonyl (C=O) groups is 1. The summed E-state index contributed by atoms with van der Waals surface area (Å²) >= 11 is 1.06. The van der Waals surface area contributed by atoms with E-state index in [1.165, 1.54) is 11.0 Å². The highest BCUT2D eigenvalue weighted by molar-refractivity contribution is 7.22. The Hall–Kier alpha value is -3.32. The summed E-state index contributed by atoms with van der Waals surface area (Å²) < 4.78 is 33.7. The fraction of sp³-hybridized carbons (Fsp3) is 0.130. The molecule has 0 radical (unpaired) electrons. The van der Waals surface area contributed by atoms with Crippen LogP contribution < -0.4 is 9.64 Å². The van der Waals surface area contributed by atoms with Crippen LogP contribution in [0.1, 0.15) is 11.1 Å². The molecule has 1 amide bonds. The van der Waals surface area contributed by atoms with Crippen LogP contribution in [0.3, 0.4) is 0 Å². The third-order valence-corrected chi connectivity index (χ3v) is 5.49. The zero-order valence-electron chi connectivity index (χ0n) is 16.1. The number of fused-ring (bicyclic) bond motifs is 1. The number of hydrogen-bond acceptors (Lipinski definition) is 4. The number of carbonyl (C=O) groups excluding carboxylic acids is 1. The van der Waals surface area contributed by atoms with Gasteiger partial charge in [0, 0.05) is 6.07 Å². The number of ether oxygens (including phenoxy) is 1. The highest BCUT2D eigenvalue weighted by Crippen LogP contribution is 2.32. The molecular formula is C23H18F2N2O2S. The molecular weight excluding hydrogens is 406 g/mol. The van der Waals surface area contributed by atoms with E-state index in [9.17, 15) is 13.6 Å². The van der Waals surface area contributed by atoms with Crippen LogP contribution in [0.25, 0.3) is 10.2 Å². The minimum Gasteiger partial charge on any atom is -0.484 e. The molecule has 4 nitrogen and oxygen atoms in total. The van der Waals surface area contributed by atoms with Crippen molar-refractivity contribution >= 4 is 32.6 Å². The Bertz CT molecular complexity index is 1190. The van der Waals surface area contributed by atoms with Crippen LogP contribution in [0.4, 0.5) is 13.9 Å². The first kappa shape index (κ1) is 20.0. The molecule has 4 aromatic rings. The summed E-state index contributed by atoms with van der Waals surface area (Å²) in [5.74, 6) is -1.18. The van der Waals surface area contributed by atoms with Crippen LogP contribution in [-0.2, 0) is 11.3 Å². The minimum atomic E-state index is -0.754. The third kappa shape index (κ3) is 4.46. The Morgan fingerprint density at radius 2 is 1.87 bits per heavy atom. The number of hydrogen-bond donors (Lipinski definition) is 0. The number of halogens is 2. The lowest BCUT2D eigenvalue weighted by molar-refractivity contribution is -0.120. The monoisotopic (exact) mass is 424 g/mol. The van der Waals surface area contributed by atoms with Crippen LogP contribution in [0.5, 0.6) is 5.75 Å². The SMILES string of the molecule is Cc1cccc(OCC(=O)N(Cc2ccccc2)c2nc3c(F)cc(F)cc3s2)c1. The second-order valence-electron chi connectivity index (χ2n) is 6.80. The van der Waals surface area contributed by atoms with Crippen molar-refractivity contribution in [1.82, 2.24) is 4.98 Å². The Morgan fingerprint density at radius 1 is 1.07 bits per heavy atom. The molecule has 3 aromatic carbocycles. The van der Waals surface area contributed by atoms with E-state index in [0.717, 1.165) is 28.5 Å². The van der Waals surface area contributed by atoms with E-state index in [2.05, 4.69) is 4.98 Å². The largest absolute Gasteiger partial charge is 0.484 e. The molecule has 7 heteroatoms. The standard InChI is InChI=1S/C23H18F2N2O2S/c1-15-6-5-9-18(10-15)29-14-21(28)27(13-16-7-3-2-4-8-16)23-26-22-19(25)11-17(24)12-20(22)30-23/h2-12H,13-14H2,1H3. The van der Waals surface area contributed by atoms with E-state index >= 15 is 0 Å². The number of rotatable bonds is 6. The molecule has 0 atom stereocenters. The number of aryl methyl sites for hydroxylation is 1. The van der Waals surface area contributed by atoms with Gasteiger partial charge in [0.15, 0.2) is 17.6 Å². The van der Waals surface area contributed by atoms with Crippen LogP contribution >= 0.6 is 11.3 Å². The van der Waals surface area contributed by atoms with Gasteiger partial charge >= 0.3 is 0 Å². The summed E-state index contributed by atoms with van der Waals surface area (Å²) in [4.78, 5) is 18.7. The van der Waals surface area contributed by atoms with Gasteiger partial charge in [-0.05, 0) is 36.2 Å². The fourth-order valence-electron chi connectivity index (χ4n) is 3.02. The van der Waals surface area contributed by atoms with Gasteiger partial charge in [-0.2, -0.15) is 0 Å². The fourth-order valence-corrected chi connectivity index (χ4v) is 4.04. The lowest BCUT2D eigenvalue weighted by atomic mass is 10.2. The molecule has 1 aromatic heterocycles. The van der Waals surface area contributed by atoms with Crippen molar-refractivity contribution in [2.75, 3.05) is 11.5 Å². The lowest BCUT2D eigenvalue weighted by Crippen LogP contribution is -2.34. The van der Waals surface area contributed by atoms with Crippen molar-refractivity contribution in [3.05, 3.63) is 89.5 Å². The first-order valence-corrected chi connectivity index (χ1v) is 10.1. The molecule has 0 fully saturated rings. The lowest BCUT2D eigenvalue weighted by Gasteiger charge is -2.20. The van der Waals surface area contributed by atoms with Crippen LogP contribution in [0.2, 0.25) is 0 Å². The number of amides is 1. The highest BCUT2D eigenvalue weighted by Gasteiger charge is 2.22. The number of thiazole rings is 1. The van der Waals surface area contributed by atoms with E-state index in [0.29, 0.717) is 10.4 Å². The van der Waals surface area contributed by atoms with Crippen molar-refractivity contribution in [2.45, 2.75) is 13.5 Å². The molecule has 0 saturated carbocycles. The van der Waals surface area contributed by atoms with Crippen molar-refractivity contribution in [1.29, 1.82) is 0 Å². The Morgan fingerprint density at radius 3 is 2.63 bits per heavy atom. The molecule has 0 aliphatic carbocycles. The summed E-state index contributed by atoms with van der Waals surface area (Å²) in [6, 6.07) is 18.8. The second kappa shape index (κ2) is 8.59. The van der Waals surface area contributed by atoms with E-state index in [-0.39, 0.29) is 29.7 Å². The Balaban J connectivity index is 1.64. The third-order valence-electron chi connectivity index (χ3n) is 4.47. The number of anilines is 1. The number of benzene rings is 3. The van der Waals surface area contributed by atoms with Gasteiger partial charge in [0.1, 0.15) is 17.1 Å². The van der Waals surface area contributed by atoms with Crippen molar-refractivity contribution in [2.24, 2.45) is 0 Å². The predicted molar refractivity (Wildman–Crippen MR) is 114 cm³/mol. The summed E-state index contributed by atoms with van der Waals surface area (Å²) in [6.07, 6.45) is 0. The normalized spacial score (nSPS) is 10.9. The van der Waals surface area contributed by atoms with Gasteiger partial charge in [-0.25, -0.2) is 13.8 Å². The van der Waals surface area contributed by atoms with Crippen molar-refractivity contribution in [3.8, 4) is 5.75 Å². The zero-order chi connectivity index (χ0) is 21.1. The second-order valence-corrected chi connectivity index (χ2v) is 7.81. The zero-order valence-corrected chi connectivity index (χ0v) is 17.0. The highest BCUT2D eigenvalue weighted by atomic mass is 32.1. The minimum absolute atomic E-state index is 0.0434. The smallest absolute Gasteiger partial charge is 0.267 e. The van der Waals surface area contributed by atoms with Gasteiger partial charge in [-0.15, -0.1) is 0 Å².